The van der Waals surface area contributed by atoms with Gasteiger partial charge in [-0.05, 0) is 35.8 Å². The van der Waals surface area contributed by atoms with Crippen molar-refractivity contribution in [1.82, 2.24) is 0 Å². The van der Waals surface area contributed by atoms with Crippen LogP contribution in [-0.2, 0) is 14.9 Å². The van der Waals surface area contributed by atoms with Gasteiger partial charge in [-0.25, -0.2) is 0 Å². The van der Waals surface area contributed by atoms with Gasteiger partial charge in [0.15, 0.2) is 0 Å². The lowest BCUT2D eigenvalue weighted by Gasteiger charge is -2.29. The number of benzene rings is 1. The van der Waals surface area contributed by atoms with Crippen LogP contribution in [0.2, 0.25) is 0 Å². The van der Waals surface area contributed by atoms with Crippen LogP contribution in [0.1, 0.15) is 12.5 Å². The molecule has 0 amide bonds. The molecule has 0 N–H and O–H groups in total. The molecule has 0 spiro atoms. The summed E-state index contributed by atoms with van der Waals surface area (Å²) in [5.41, 5.74) is 2.12. The van der Waals surface area contributed by atoms with Crippen molar-refractivity contribution in [2.24, 2.45) is 0 Å². The van der Waals surface area contributed by atoms with Gasteiger partial charge < -0.3 is 4.74 Å². The summed E-state index contributed by atoms with van der Waals surface area (Å²) in [6, 6.07) is 7.79. The molecular weight excluding hydrogens is 352 g/mol. The van der Waals surface area contributed by atoms with Gasteiger partial charge in [-0.3, -0.25) is 4.79 Å². The standard InChI is InChI=1S/C20H17BrO2/c1-2-23-19(22)20(17-8-10-18(21)11-9-17)13-12-15-6-4-3-5-7-16(15)14-20/h3-14H,2H2,1H3. The zero-order valence-corrected chi connectivity index (χ0v) is 14.4. The van der Waals surface area contributed by atoms with E-state index in [1.165, 1.54) is 0 Å². The fraction of sp³-hybridized carbons (Fsp3) is 0.150. The van der Waals surface area contributed by atoms with Crippen molar-refractivity contribution < 1.29 is 9.53 Å². The number of ether oxygens (including phenoxy) is 1. The molecule has 0 aromatic heterocycles. The third-order valence-electron chi connectivity index (χ3n) is 3.95. The summed E-state index contributed by atoms with van der Waals surface area (Å²) in [5, 5.41) is 0. The average molecular weight is 369 g/mol. The second-order valence-corrected chi connectivity index (χ2v) is 6.31. The molecule has 0 radical (unpaired) electrons. The second kappa shape index (κ2) is 6.55. The Morgan fingerprint density at radius 2 is 1.87 bits per heavy atom. The molecule has 0 saturated heterocycles. The number of hydrogen-bond donors (Lipinski definition) is 0. The van der Waals surface area contributed by atoms with Crippen LogP contribution < -0.4 is 0 Å². The summed E-state index contributed by atoms with van der Waals surface area (Å²) in [7, 11) is 0. The van der Waals surface area contributed by atoms with Crippen LogP contribution in [0.4, 0.5) is 0 Å². The van der Waals surface area contributed by atoms with E-state index in [0.29, 0.717) is 6.61 Å². The van der Waals surface area contributed by atoms with Gasteiger partial charge in [0.2, 0.25) is 0 Å². The largest absolute Gasteiger partial charge is 0.465 e. The number of rotatable bonds is 3. The van der Waals surface area contributed by atoms with E-state index in [4.69, 9.17) is 4.74 Å². The predicted molar refractivity (Wildman–Crippen MR) is 96.0 cm³/mol. The van der Waals surface area contributed by atoms with Crippen molar-refractivity contribution in [3.8, 4) is 0 Å². The smallest absolute Gasteiger partial charge is 0.324 e. The minimum absolute atomic E-state index is 0.254. The number of fused-ring (bicyclic) bond motifs is 1. The van der Waals surface area contributed by atoms with Crippen LogP contribution in [-0.4, -0.2) is 12.6 Å². The zero-order valence-electron chi connectivity index (χ0n) is 12.8. The summed E-state index contributed by atoms with van der Waals surface area (Å²) in [6.07, 6.45) is 15.9. The molecule has 0 fully saturated rings. The number of esters is 1. The molecule has 0 aliphatic heterocycles. The van der Waals surface area contributed by atoms with Crippen molar-refractivity contribution in [2.75, 3.05) is 6.61 Å². The molecule has 0 bridgehead atoms. The maximum atomic E-state index is 12.8. The fourth-order valence-corrected chi connectivity index (χ4v) is 3.04. The Morgan fingerprint density at radius 1 is 1.09 bits per heavy atom. The van der Waals surface area contributed by atoms with Crippen LogP contribution >= 0.6 is 15.9 Å². The molecule has 2 aliphatic carbocycles. The first-order valence-corrected chi connectivity index (χ1v) is 8.36. The number of carbonyl (C=O) groups is 1. The Labute approximate surface area is 144 Å². The normalized spacial score (nSPS) is 22.0. The third-order valence-corrected chi connectivity index (χ3v) is 4.48. The molecular formula is C20H17BrO2. The van der Waals surface area contributed by atoms with Crippen LogP contribution in [0.3, 0.4) is 0 Å². The van der Waals surface area contributed by atoms with Gasteiger partial charge in [-0.2, -0.15) is 0 Å². The highest BCUT2D eigenvalue weighted by Gasteiger charge is 2.39. The Morgan fingerprint density at radius 3 is 2.61 bits per heavy atom. The van der Waals surface area contributed by atoms with Crippen molar-refractivity contribution in [1.29, 1.82) is 0 Å². The first-order chi connectivity index (χ1) is 11.2. The summed E-state index contributed by atoms with van der Waals surface area (Å²) in [4.78, 5) is 12.8. The Hall–Kier alpha value is -2.13. The SMILES string of the molecule is CCOC(=O)C1(c2ccc(Br)cc2)C=CC2=CC=CC=CC2=C1. The molecule has 1 atom stereocenters. The Bertz CT molecular complexity index is 763. The minimum atomic E-state index is -0.891. The van der Waals surface area contributed by atoms with Crippen molar-refractivity contribution >= 4 is 21.9 Å². The van der Waals surface area contributed by atoms with E-state index in [1.54, 1.807) is 0 Å². The molecule has 3 heteroatoms. The Kier molecular flexibility index (Phi) is 4.49. The lowest BCUT2D eigenvalue weighted by Crippen LogP contribution is -2.35. The lowest BCUT2D eigenvalue weighted by molar-refractivity contribution is -0.146. The van der Waals surface area contributed by atoms with Crippen LogP contribution in [0.25, 0.3) is 0 Å². The van der Waals surface area contributed by atoms with E-state index in [1.807, 2.05) is 79.8 Å². The second-order valence-electron chi connectivity index (χ2n) is 5.40. The summed E-state index contributed by atoms with van der Waals surface area (Å²) >= 11 is 3.44. The molecule has 2 nitrogen and oxygen atoms in total. The first-order valence-electron chi connectivity index (χ1n) is 7.56. The number of hydrogen-bond acceptors (Lipinski definition) is 2. The van der Waals surface area contributed by atoms with Gasteiger partial charge in [0.1, 0.15) is 5.41 Å². The summed E-state index contributed by atoms with van der Waals surface area (Å²) in [6.45, 7) is 2.18. The molecule has 0 saturated carbocycles. The van der Waals surface area contributed by atoms with E-state index in [9.17, 15) is 4.79 Å². The number of halogens is 1. The van der Waals surface area contributed by atoms with E-state index < -0.39 is 5.41 Å². The highest BCUT2D eigenvalue weighted by Crippen LogP contribution is 2.37. The van der Waals surface area contributed by atoms with E-state index in [-0.39, 0.29) is 5.97 Å². The molecule has 23 heavy (non-hydrogen) atoms. The molecule has 0 heterocycles. The van der Waals surface area contributed by atoms with Crippen molar-refractivity contribution in [3.63, 3.8) is 0 Å². The molecule has 116 valence electrons. The van der Waals surface area contributed by atoms with Gasteiger partial charge in [-0.15, -0.1) is 0 Å². The lowest BCUT2D eigenvalue weighted by atomic mass is 9.74. The molecule has 1 aromatic rings. The van der Waals surface area contributed by atoms with Gasteiger partial charge in [-0.1, -0.05) is 76.7 Å². The van der Waals surface area contributed by atoms with Crippen LogP contribution in [0.5, 0.6) is 0 Å². The van der Waals surface area contributed by atoms with Crippen molar-refractivity contribution in [3.05, 3.63) is 94.1 Å². The molecule has 1 unspecified atom stereocenters. The van der Waals surface area contributed by atoms with E-state index >= 15 is 0 Å². The van der Waals surface area contributed by atoms with Gasteiger partial charge in [0, 0.05) is 4.47 Å². The van der Waals surface area contributed by atoms with Gasteiger partial charge >= 0.3 is 5.97 Å². The Balaban J connectivity index is 2.14. The number of carbonyl (C=O) groups excluding carboxylic acids is 1. The topological polar surface area (TPSA) is 26.3 Å². The van der Waals surface area contributed by atoms with Crippen LogP contribution in [0.15, 0.2) is 88.5 Å². The third kappa shape index (κ3) is 3.02. The summed E-state index contributed by atoms with van der Waals surface area (Å²) in [5.74, 6) is -0.254. The first kappa shape index (κ1) is 15.8. The van der Waals surface area contributed by atoms with Crippen LogP contribution in [0, 0.1) is 0 Å². The van der Waals surface area contributed by atoms with Gasteiger partial charge in [0.25, 0.3) is 0 Å². The summed E-state index contributed by atoms with van der Waals surface area (Å²) < 4.78 is 6.35. The monoisotopic (exact) mass is 368 g/mol. The quantitative estimate of drug-likeness (QED) is 0.716. The predicted octanol–water partition coefficient (Wildman–Crippen LogP) is 4.80. The van der Waals surface area contributed by atoms with Crippen molar-refractivity contribution in [2.45, 2.75) is 12.3 Å². The molecule has 1 aromatic carbocycles. The maximum absolute atomic E-state index is 12.8. The number of allylic oxidation sites excluding steroid dienone is 8. The highest BCUT2D eigenvalue weighted by molar-refractivity contribution is 9.10. The minimum Gasteiger partial charge on any atom is -0.465 e. The van der Waals surface area contributed by atoms with E-state index in [2.05, 4.69) is 15.9 Å². The molecule has 2 aliphatic rings. The average Bonchev–Trinajstić information content (AvgIpc) is 2.80. The fourth-order valence-electron chi connectivity index (χ4n) is 2.77. The highest BCUT2D eigenvalue weighted by atomic mass is 79.9. The van der Waals surface area contributed by atoms with E-state index in [0.717, 1.165) is 21.2 Å². The zero-order chi connectivity index (χ0) is 16.3. The molecule has 3 rings (SSSR count). The maximum Gasteiger partial charge on any atom is 0.324 e. The van der Waals surface area contributed by atoms with Gasteiger partial charge in [0.05, 0.1) is 6.61 Å².